The highest BCUT2D eigenvalue weighted by atomic mass is 79.9. The van der Waals surface area contributed by atoms with Crippen LogP contribution in [0.4, 0.5) is 19.0 Å². The number of carbonyl (C=O) groups excluding carboxylic acids is 2. The molecular weight excluding hydrogens is 453 g/mol. The Kier molecular flexibility index (Phi) is 6.44. The van der Waals surface area contributed by atoms with Gasteiger partial charge in [0.1, 0.15) is 31.6 Å². The number of thiazole rings is 1. The van der Waals surface area contributed by atoms with Crippen LogP contribution < -0.4 is 4.90 Å². The lowest BCUT2D eigenvalue weighted by Crippen LogP contribution is -2.43. The molecule has 0 saturated heterocycles. The Morgan fingerprint density at radius 2 is 1.61 bits per heavy atom. The Hall–Kier alpha value is -2.07. The summed E-state index contributed by atoms with van der Waals surface area (Å²) < 4.78 is 24.4. The molecule has 7 nitrogen and oxygen atoms in total. The van der Waals surface area contributed by atoms with E-state index in [4.69, 9.17) is 9.47 Å². The molecule has 2 amide bonds. The molecule has 0 aliphatic rings. The zero-order valence-corrected chi connectivity index (χ0v) is 18.8. The van der Waals surface area contributed by atoms with Gasteiger partial charge >= 0.3 is 12.2 Å². The fourth-order valence-electron chi connectivity index (χ4n) is 1.94. The molecule has 152 valence electrons. The maximum atomic E-state index is 13.5. The molecule has 28 heavy (non-hydrogen) atoms. The average molecular weight is 474 g/mol. The van der Waals surface area contributed by atoms with Gasteiger partial charge in [0.2, 0.25) is 0 Å². The number of hydrogen-bond donors (Lipinski definition) is 0. The minimum absolute atomic E-state index is 0.155. The van der Waals surface area contributed by atoms with E-state index >= 15 is 0 Å². The van der Waals surface area contributed by atoms with Gasteiger partial charge in [-0.3, -0.25) is 4.98 Å². The number of imide groups is 1. The first-order valence-corrected chi connectivity index (χ1v) is 9.91. The number of halogens is 2. The van der Waals surface area contributed by atoms with Gasteiger partial charge in [0.15, 0.2) is 0 Å². The molecule has 0 aliphatic heterocycles. The van der Waals surface area contributed by atoms with Gasteiger partial charge in [0.25, 0.3) is 0 Å². The summed E-state index contributed by atoms with van der Waals surface area (Å²) in [5.74, 6) is -0.526. The summed E-state index contributed by atoms with van der Waals surface area (Å²) in [4.78, 5) is 34.3. The number of carbonyl (C=O) groups is 2. The second kappa shape index (κ2) is 8.12. The standard InChI is InChI=1S/C18H21BrFN3O4S/c1-17(2,3)26-15(24)23(16(25)27-18(4,5)6)14-12(19)22-13(28-14)10-7-11(20)9-21-8-10/h7-9H,1-6H3. The lowest BCUT2D eigenvalue weighted by molar-refractivity contribution is 0.0432. The Morgan fingerprint density at radius 3 is 2.07 bits per heavy atom. The summed E-state index contributed by atoms with van der Waals surface area (Å²) in [7, 11) is 0. The molecule has 0 radical (unpaired) electrons. The van der Waals surface area contributed by atoms with Crippen molar-refractivity contribution < 1.29 is 23.5 Å². The van der Waals surface area contributed by atoms with Gasteiger partial charge in [-0.15, -0.1) is 0 Å². The van der Waals surface area contributed by atoms with Gasteiger partial charge < -0.3 is 9.47 Å². The lowest BCUT2D eigenvalue weighted by Gasteiger charge is -2.27. The monoisotopic (exact) mass is 473 g/mol. The van der Waals surface area contributed by atoms with Crippen LogP contribution >= 0.6 is 27.3 Å². The highest BCUT2D eigenvalue weighted by molar-refractivity contribution is 9.10. The van der Waals surface area contributed by atoms with E-state index < -0.39 is 29.2 Å². The number of hydrogen-bond acceptors (Lipinski definition) is 7. The van der Waals surface area contributed by atoms with Crippen molar-refractivity contribution in [3.8, 4) is 10.6 Å². The van der Waals surface area contributed by atoms with Crippen molar-refractivity contribution in [2.75, 3.05) is 4.90 Å². The Balaban J connectivity index is 2.48. The molecular formula is C18H21BrFN3O4S. The van der Waals surface area contributed by atoms with Gasteiger partial charge in [-0.05, 0) is 63.5 Å². The third-order valence-corrected chi connectivity index (χ3v) is 4.78. The van der Waals surface area contributed by atoms with Crippen molar-refractivity contribution in [3.63, 3.8) is 0 Å². The first kappa shape index (κ1) is 22.2. The molecule has 2 heterocycles. The summed E-state index contributed by atoms with van der Waals surface area (Å²) in [6, 6.07) is 1.26. The second-order valence-corrected chi connectivity index (χ2v) is 9.53. The minimum atomic E-state index is -0.907. The van der Waals surface area contributed by atoms with Crippen molar-refractivity contribution in [1.82, 2.24) is 9.97 Å². The molecule has 2 aromatic heterocycles. The lowest BCUT2D eigenvalue weighted by atomic mass is 10.2. The second-order valence-electron chi connectivity index (χ2n) is 7.80. The quantitative estimate of drug-likeness (QED) is 0.549. The maximum Gasteiger partial charge on any atom is 0.425 e. The van der Waals surface area contributed by atoms with E-state index in [9.17, 15) is 14.0 Å². The molecule has 0 aromatic carbocycles. The van der Waals surface area contributed by atoms with Crippen LogP contribution in [-0.2, 0) is 9.47 Å². The number of ether oxygens (including phenoxy) is 2. The zero-order chi connectivity index (χ0) is 21.3. The summed E-state index contributed by atoms with van der Waals surface area (Å²) >= 11 is 4.26. The summed E-state index contributed by atoms with van der Waals surface area (Å²) in [5, 5.41) is 0.522. The van der Waals surface area contributed by atoms with Gasteiger partial charge in [-0.25, -0.2) is 19.0 Å². The third kappa shape index (κ3) is 5.96. The Labute approximate surface area is 175 Å². The van der Waals surface area contributed by atoms with Crippen molar-refractivity contribution in [2.24, 2.45) is 0 Å². The Bertz CT molecular complexity index is 862. The summed E-state index contributed by atoms with van der Waals surface area (Å²) in [6.07, 6.45) is 0.689. The van der Waals surface area contributed by atoms with Crippen molar-refractivity contribution >= 4 is 44.5 Å². The van der Waals surface area contributed by atoms with Crippen LogP contribution in [0.3, 0.4) is 0 Å². The number of pyridine rings is 1. The number of rotatable bonds is 2. The molecule has 2 rings (SSSR count). The molecule has 0 saturated carbocycles. The third-order valence-electron chi connectivity index (χ3n) is 2.88. The smallest absolute Gasteiger partial charge is 0.425 e. The van der Waals surface area contributed by atoms with Crippen LogP contribution in [-0.4, -0.2) is 33.4 Å². The topological polar surface area (TPSA) is 81.6 Å². The molecule has 0 atom stereocenters. The van der Waals surface area contributed by atoms with Crippen LogP contribution in [0.15, 0.2) is 23.1 Å². The maximum absolute atomic E-state index is 13.5. The minimum Gasteiger partial charge on any atom is -0.443 e. The zero-order valence-electron chi connectivity index (χ0n) is 16.4. The summed E-state index contributed by atoms with van der Waals surface area (Å²) in [5.41, 5.74) is -1.25. The molecule has 10 heteroatoms. The first-order valence-electron chi connectivity index (χ1n) is 8.30. The first-order chi connectivity index (χ1) is 12.8. The van der Waals surface area contributed by atoms with Gasteiger partial charge in [-0.1, -0.05) is 11.3 Å². The van der Waals surface area contributed by atoms with Crippen LogP contribution in [0, 0.1) is 5.82 Å². The van der Waals surface area contributed by atoms with Crippen molar-refractivity contribution in [1.29, 1.82) is 0 Å². The van der Waals surface area contributed by atoms with Gasteiger partial charge in [-0.2, -0.15) is 4.90 Å². The molecule has 0 bridgehead atoms. The van der Waals surface area contributed by atoms with E-state index in [1.807, 2.05) is 0 Å². The largest absolute Gasteiger partial charge is 0.443 e. The SMILES string of the molecule is CC(C)(C)OC(=O)N(C(=O)OC(C)(C)C)c1sc(-c2cncc(F)c2)nc1Br. The van der Waals surface area contributed by atoms with E-state index in [2.05, 4.69) is 25.9 Å². The summed E-state index contributed by atoms with van der Waals surface area (Å²) in [6.45, 7) is 10.1. The predicted molar refractivity (Wildman–Crippen MR) is 108 cm³/mol. The fraction of sp³-hybridized carbons (Fsp3) is 0.444. The highest BCUT2D eigenvalue weighted by Gasteiger charge is 2.35. The average Bonchev–Trinajstić information content (AvgIpc) is 2.85. The number of anilines is 1. The van der Waals surface area contributed by atoms with E-state index in [1.54, 1.807) is 41.5 Å². The normalized spacial score (nSPS) is 11.9. The van der Waals surface area contributed by atoms with E-state index in [-0.39, 0.29) is 9.60 Å². The molecule has 0 fully saturated rings. The number of aromatic nitrogens is 2. The molecule has 0 spiro atoms. The van der Waals surface area contributed by atoms with Crippen LogP contribution in [0.1, 0.15) is 41.5 Å². The highest BCUT2D eigenvalue weighted by Crippen LogP contribution is 2.39. The van der Waals surface area contributed by atoms with Crippen LogP contribution in [0.5, 0.6) is 0 Å². The van der Waals surface area contributed by atoms with Gasteiger partial charge in [0.05, 0.1) is 6.20 Å². The predicted octanol–water partition coefficient (Wildman–Crippen LogP) is 5.78. The molecule has 2 aromatic rings. The fourth-order valence-corrected chi connectivity index (χ4v) is 3.57. The number of nitrogens with zero attached hydrogens (tertiary/aromatic N) is 3. The van der Waals surface area contributed by atoms with E-state index in [0.717, 1.165) is 22.4 Å². The van der Waals surface area contributed by atoms with E-state index in [0.29, 0.717) is 10.6 Å². The Morgan fingerprint density at radius 1 is 1.07 bits per heavy atom. The van der Waals surface area contributed by atoms with E-state index in [1.165, 1.54) is 12.3 Å². The van der Waals surface area contributed by atoms with Crippen LogP contribution in [0.25, 0.3) is 10.6 Å². The van der Waals surface area contributed by atoms with Crippen molar-refractivity contribution in [3.05, 3.63) is 28.9 Å². The molecule has 0 N–H and O–H groups in total. The van der Waals surface area contributed by atoms with Gasteiger partial charge in [0, 0.05) is 11.8 Å². The molecule has 0 aliphatic carbocycles. The van der Waals surface area contributed by atoms with Crippen LogP contribution in [0.2, 0.25) is 0 Å². The van der Waals surface area contributed by atoms with Crippen molar-refractivity contribution in [2.45, 2.75) is 52.7 Å². The number of amides is 2. The molecule has 0 unspecified atom stereocenters.